The number of urea groups is 3. The number of hydrogen-bond donors (Lipinski definition) is 14. The number of methoxy groups -OCH3 is 1. The maximum atomic E-state index is 14.4. The van der Waals surface area contributed by atoms with Crippen molar-refractivity contribution in [1.29, 1.82) is 0 Å². The van der Waals surface area contributed by atoms with Crippen molar-refractivity contribution >= 4 is 106 Å². The van der Waals surface area contributed by atoms with E-state index in [1.807, 2.05) is 186 Å². The van der Waals surface area contributed by atoms with Gasteiger partial charge in [-0.3, -0.25) is 71.9 Å². The highest BCUT2D eigenvalue weighted by Gasteiger charge is 2.73. The third kappa shape index (κ3) is 27.6. The topological polar surface area (TPSA) is 535 Å². The molecule has 2 aromatic carbocycles. The van der Waals surface area contributed by atoms with E-state index < -0.39 is 182 Å². The lowest BCUT2D eigenvalue weighted by Gasteiger charge is -2.40. The number of Topliss-reactive ketones (excluding diaryl/α,β-unsaturated/α-hetero) is 3. The fourth-order valence-corrected chi connectivity index (χ4v) is 21.9. The monoisotopic (exact) mass is 2010 g/mol. The van der Waals surface area contributed by atoms with Crippen LogP contribution in [0, 0.1) is 91.2 Å². The van der Waals surface area contributed by atoms with Crippen LogP contribution in [0.4, 0.5) is 14.4 Å². The molecule has 38 heteroatoms. The lowest BCUT2D eigenvalue weighted by atomic mass is 9.80. The number of nitrogens with one attached hydrogen (secondary N) is 12. The Bertz CT molecular complexity index is 5090. The van der Waals surface area contributed by atoms with Crippen LogP contribution in [0.2, 0.25) is 0 Å². The largest absolute Gasteiger partial charge is 0.497 e. The molecule has 2 unspecified atom stereocenters. The molecule has 10 aliphatic rings. The SMILES string of the molecule is C=CCNC(=O)C(=O)C(CCC)NC(=O)[C@@H]1[C@@H]2[C@H](CN1C(=O)[C@@H](NC(=O)N[C@H](C(=O)N1CCOCC1)C(C)C)C(C)(C)C)C2(C)C.CC(C)(C)[C@H](NC(=O)N[C@H](C(=O)N1C[C@H]2[C@@H]([C@H]1C(=O)N[C@@H](CC1CCC1)C(=O)C(N)=O)C2(C)C)C(C)(C)C)C(=O)NCc1ccccc1.COc1cccc(CNC(=O)C2(NC(=O)N[C@H](C(=O)N3C[C@H]4[C@@H]([C@H]3C(=O)NC(CC3CC3)C(=O)C(N)=O)C4(C)C)C(C)(C)C)CCCCC2)c1. The molecule has 16 N–H and O–H groups in total. The predicted octanol–water partition coefficient (Wildman–Crippen LogP) is 6.42. The number of rotatable bonds is 38. The van der Waals surface area contributed by atoms with Gasteiger partial charge < -0.3 is 104 Å². The minimum absolute atomic E-state index is 0.0575. The number of nitrogens with two attached hydrogens (primary N) is 2. The first-order valence-corrected chi connectivity index (χ1v) is 51.4. The minimum Gasteiger partial charge on any atom is -0.497 e. The van der Waals surface area contributed by atoms with Gasteiger partial charge in [0.1, 0.15) is 59.6 Å². The summed E-state index contributed by atoms with van der Waals surface area (Å²) in [5.41, 5.74) is 7.75. The summed E-state index contributed by atoms with van der Waals surface area (Å²) in [6.07, 6.45) is 11.0. The summed E-state index contributed by atoms with van der Waals surface area (Å²) in [7, 11) is 1.58. The van der Waals surface area contributed by atoms with Crippen LogP contribution >= 0.6 is 0 Å². The Morgan fingerprint density at radius 3 is 1.28 bits per heavy atom. The molecule has 6 saturated carbocycles. The molecular weight excluding hydrogens is 1850 g/mol. The molecule has 0 spiro atoms. The normalized spacial score (nSPS) is 23.9. The third-order valence-electron chi connectivity index (χ3n) is 31.4. The lowest BCUT2D eigenvalue weighted by Crippen LogP contribution is -2.65. The number of benzene rings is 2. The molecule has 12 rings (SSSR count). The molecular formula is C106H162N18O20. The van der Waals surface area contributed by atoms with Crippen LogP contribution in [0.1, 0.15) is 246 Å². The first kappa shape index (κ1) is 114. The van der Waals surface area contributed by atoms with E-state index in [0.29, 0.717) is 90.3 Å². The highest BCUT2D eigenvalue weighted by Crippen LogP contribution is 2.67. The predicted molar refractivity (Wildman–Crippen MR) is 538 cm³/mol. The molecule has 0 aromatic heterocycles. The van der Waals surface area contributed by atoms with E-state index >= 15 is 0 Å². The van der Waals surface area contributed by atoms with Gasteiger partial charge in [-0.2, -0.15) is 0 Å². The van der Waals surface area contributed by atoms with Gasteiger partial charge in [-0.1, -0.05) is 252 Å². The molecule has 0 bridgehead atoms. The zero-order valence-electron chi connectivity index (χ0n) is 88.6. The van der Waals surface area contributed by atoms with Gasteiger partial charge in [0, 0.05) is 52.4 Å². The van der Waals surface area contributed by atoms with Gasteiger partial charge in [-0.05, 0) is 147 Å². The van der Waals surface area contributed by atoms with Gasteiger partial charge in [0.25, 0.3) is 17.7 Å². The van der Waals surface area contributed by atoms with Crippen molar-refractivity contribution in [2.75, 3.05) is 59.6 Å². The van der Waals surface area contributed by atoms with E-state index in [-0.39, 0.29) is 107 Å². The van der Waals surface area contributed by atoms with Crippen LogP contribution in [0.5, 0.6) is 5.75 Å². The number of piperidine rings is 3. The second-order valence-electron chi connectivity index (χ2n) is 47.7. The van der Waals surface area contributed by atoms with E-state index in [9.17, 15) is 86.3 Å². The number of amides is 18. The number of primary amides is 2. The number of ether oxygens (including phenoxy) is 2. The van der Waals surface area contributed by atoms with Crippen LogP contribution in [0.15, 0.2) is 67.3 Å². The number of likely N-dealkylation sites (tertiary alicyclic amines) is 3. The Kier molecular flexibility index (Phi) is 36.9. The Labute approximate surface area is 848 Å². The average Bonchev–Trinajstić information content (AvgIpc) is 1.53. The maximum Gasteiger partial charge on any atom is 0.316 e. The Morgan fingerprint density at radius 2 is 0.889 bits per heavy atom. The Morgan fingerprint density at radius 1 is 0.479 bits per heavy atom. The number of carbonyl (C=O) groups excluding carboxylic acids is 18. The number of hydrogen-bond acceptors (Lipinski definition) is 20. The molecule has 4 saturated heterocycles. The van der Waals surface area contributed by atoms with Crippen LogP contribution in [-0.4, -0.2) is 258 Å². The maximum absolute atomic E-state index is 14.4. The quantitative estimate of drug-likeness (QED) is 0.0255. The summed E-state index contributed by atoms with van der Waals surface area (Å²) in [6.45, 7) is 46.7. The van der Waals surface area contributed by atoms with Crippen LogP contribution < -0.4 is 80.0 Å². The molecule has 17 atom stereocenters. The van der Waals surface area contributed by atoms with Crippen molar-refractivity contribution in [1.82, 2.24) is 83.4 Å². The highest BCUT2D eigenvalue weighted by molar-refractivity contribution is 6.39. The second-order valence-corrected chi connectivity index (χ2v) is 47.7. The summed E-state index contributed by atoms with van der Waals surface area (Å²) in [6, 6.07) is 4.26. The summed E-state index contributed by atoms with van der Waals surface area (Å²) < 4.78 is 10.7. The van der Waals surface area contributed by atoms with Crippen LogP contribution in [0.25, 0.3) is 0 Å². The van der Waals surface area contributed by atoms with Crippen molar-refractivity contribution in [3.8, 4) is 5.75 Å². The Hall–Kier alpha value is -11.6. The number of carbonyl (C=O) groups is 18. The molecule has 4 aliphatic heterocycles. The number of nitrogens with zero attached hydrogens (tertiary/aromatic N) is 4. The van der Waals surface area contributed by atoms with Crippen LogP contribution in [-0.2, 0) is 89.7 Å². The van der Waals surface area contributed by atoms with Crippen molar-refractivity contribution in [2.24, 2.45) is 103 Å². The molecule has 0 radical (unpaired) electrons. The summed E-state index contributed by atoms with van der Waals surface area (Å²) in [4.78, 5) is 246. The van der Waals surface area contributed by atoms with Gasteiger partial charge in [0.2, 0.25) is 70.5 Å². The standard InChI is InChI=1S/C37H54N6O7.C36H54N6O6.C33H54N6O7/c1-35(2,3)29(41-34(49)42-37(15-8-7-9-16-37)33(48)39-19-22-11-10-12-23(17-22)50-6)32(47)43-20-24-26(36(24,4)5)27(43)31(46)40-25(18-21-13-14-21)28(44)30(38)45;1-34(2,3)27(31(46)38-18-21-13-10-9-11-14-21)40-33(48)41-28(35(4,5)6)32(47)42-19-22-24(36(22,7)8)25(42)30(45)39-23(26(43)29(37)44)17-20-15-12-16-20;1-10-12-21(25(40)28(42)34-13-11-2)35-27(41)24-22-20(33(22,8)9)18-39(24)30(44)26(32(5,6)7)37-31(45)36-23(19(3)4)29(43)38-14-16-46-17-15-38/h10-12,17,21,24-27,29H,7-9,13-16,18-20H2,1-6H3,(H2,38,45)(H,39,48)(H,40,46)(H2,41,42,49);9-11,13-14,20,22-25,27-28H,12,15-19H2,1-8H3,(H2,37,44)(H,38,46)(H,39,45)(H2,40,41,48);11,19-24,26H,2,10,12-18H2,1,3-9H3,(H,34,42)(H,35,41)(H2,36,37,45)/t24-,25?,26-,27-,29+;22-,23-,24-,25-,27+,28+;20-,21?,22-,23-,24-,26+/m000/s1. The molecule has 144 heavy (non-hydrogen) atoms. The molecule has 4 heterocycles. The molecule has 6 aliphatic carbocycles. The van der Waals surface area contributed by atoms with Crippen LogP contribution in [0.3, 0.4) is 0 Å². The third-order valence-corrected chi connectivity index (χ3v) is 31.4. The fraction of sp³-hybridized carbons (Fsp3) is 0.698. The average molecular weight is 2010 g/mol. The van der Waals surface area contributed by atoms with Gasteiger partial charge in [-0.15, -0.1) is 6.58 Å². The second kappa shape index (κ2) is 46.4. The number of fused-ring (bicyclic) bond motifs is 3. The van der Waals surface area contributed by atoms with E-state index in [1.165, 1.54) is 20.8 Å². The van der Waals surface area contributed by atoms with Gasteiger partial charge in [-0.25, -0.2) is 14.4 Å². The molecule has 796 valence electrons. The first-order valence-electron chi connectivity index (χ1n) is 51.4. The van der Waals surface area contributed by atoms with E-state index in [2.05, 4.69) is 84.2 Å². The number of ketones is 3. The van der Waals surface area contributed by atoms with Gasteiger partial charge >= 0.3 is 18.1 Å². The van der Waals surface area contributed by atoms with Crippen molar-refractivity contribution in [3.05, 3.63) is 78.4 Å². The smallest absolute Gasteiger partial charge is 0.316 e. The summed E-state index contributed by atoms with van der Waals surface area (Å²) in [5.74, 6) is -8.42. The highest BCUT2D eigenvalue weighted by atomic mass is 16.5. The molecule has 2 aromatic rings. The fourth-order valence-electron chi connectivity index (χ4n) is 21.9. The first-order chi connectivity index (χ1) is 67.2. The summed E-state index contributed by atoms with van der Waals surface area (Å²) in [5, 5.41) is 33.8. The number of morpholine rings is 1. The van der Waals surface area contributed by atoms with Crippen molar-refractivity contribution in [2.45, 2.75) is 320 Å². The van der Waals surface area contributed by atoms with Gasteiger partial charge in [0.05, 0.1) is 38.4 Å². The molecule has 38 nitrogen and oxygen atoms in total. The van der Waals surface area contributed by atoms with Gasteiger partial charge in [0.15, 0.2) is 0 Å². The zero-order chi connectivity index (χ0) is 107. The lowest BCUT2D eigenvalue weighted by molar-refractivity contribution is -0.145. The molecule has 10 fully saturated rings. The Balaban J connectivity index is 0.000000222. The summed E-state index contributed by atoms with van der Waals surface area (Å²) >= 11 is 0. The van der Waals surface area contributed by atoms with Crippen molar-refractivity contribution < 1.29 is 95.8 Å². The zero-order valence-corrected chi connectivity index (χ0v) is 88.6. The van der Waals surface area contributed by atoms with E-state index in [0.717, 1.165) is 62.5 Å². The minimum atomic E-state index is -1.15. The van der Waals surface area contributed by atoms with Crippen molar-refractivity contribution in [3.63, 3.8) is 0 Å². The van der Waals surface area contributed by atoms with E-state index in [4.69, 9.17) is 20.9 Å². The molecule has 18 amide bonds. The van der Waals surface area contributed by atoms with E-state index in [1.54, 1.807) is 12.0 Å².